The molecule has 2 saturated carbocycles. The van der Waals surface area contributed by atoms with Crippen molar-refractivity contribution in [1.29, 1.82) is 0 Å². The van der Waals surface area contributed by atoms with E-state index in [2.05, 4.69) is 10.2 Å². The molecule has 3 unspecified atom stereocenters. The summed E-state index contributed by atoms with van der Waals surface area (Å²) in [5.41, 5.74) is 1.24. The fourth-order valence-corrected chi connectivity index (χ4v) is 5.78. The van der Waals surface area contributed by atoms with E-state index in [4.69, 9.17) is 0 Å². The molecule has 30 heavy (non-hydrogen) atoms. The first kappa shape index (κ1) is 19.5. The van der Waals surface area contributed by atoms with Crippen molar-refractivity contribution in [2.45, 2.75) is 38.5 Å². The molecule has 1 aromatic rings. The van der Waals surface area contributed by atoms with Crippen molar-refractivity contribution in [3.05, 3.63) is 46.5 Å². The third-order valence-corrected chi connectivity index (χ3v) is 7.03. The first-order valence-electron chi connectivity index (χ1n) is 10.2. The average molecular weight is 419 g/mol. The zero-order valence-corrected chi connectivity index (χ0v) is 16.5. The third kappa shape index (κ3) is 2.61. The van der Waals surface area contributed by atoms with E-state index < -0.39 is 29.5 Å². The summed E-state index contributed by atoms with van der Waals surface area (Å²) in [5.74, 6) is -4.22. The second kappa shape index (κ2) is 6.49. The Kier molecular flexibility index (Phi) is 4.21. The molecule has 0 N–H and O–H groups in total. The molecule has 0 aromatic heterocycles. The number of likely N-dealkylation sites (tertiary alicyclic amines) is 1. The van der Waals surface area contributed by atoms with Gasteiger partial charge < -0.3 is 4.90 Å². The van der Waals surface area contributed by atoms with Gasteiger partial charge in [0.1, 0.15) is 11.6 Å². The zero-order valence-electron chi connectivity index (χ0n) is 16.5. The van der Waals surface area contributed by atoms with Gasteiger partial charge in [0.05, 0.1) is 23.2 Å². The highest BCUT2D eigenvalue weighted by molar-refractivity contribution is 6.04. The lowest BCUT2D eigenvalue weighted by Gasteiger charge is -2.27. The summed E-state index contributed by atoms with van der Waals surface area (Å²) in [6.45, 7) is 1.21. The summed E-state index contributed by atoms with van der Waals surface area (Å²) in [6.07, 6.45) is 2.78. The van der Waals surface area contributed by atoms with Gasteiger partial charge in [-0.3, -0.25) is 4.79 Å². The molecule has 3 atom stereocenters. The number of nitrogens with zero attached hydrogens (tertiary/aromatic N) is 3. The molecule has 0 spiro atoms. The first-order chi connectivity index (χ1) is 14.3. The van der Waals surface area contributed by atoms with Crippen molar-refractivity contribution in [3.8, 4) is 0 Å². The molecule has 1 aliphatic heterocycles. The van der Waals surface area contributed by atoms with Crippen LogP contribution >= 0.6 is 0 Å². The van der Waals surface area contributed by atoms with Crippen LogP contribution < -0.4 is 0 Å². The average Bonchev–Trinajstić information content (AvgIpc) is 2.92. The SMILES string of the molecule is C/C=N\N=C(\CC1=C2C3C1CCC23C(=O)N1CCC(F)(F)C1)c1c(F)cccc1F. The summed E-state index contributed by atoms with van der Waals surface area (Å²) in [7, 11) is 0. The predicted octanol–water partition coefficient (Wildman–Crippen LogP) is 4.35. The number of fused-ring (bicyclic) bond motifs is 1. The molecule has 1 aromatic carbocycles. The summed E-state index contributed by atoms with van der Waals surface area (Å²) in [5, 5.41) is 7.86. The van der Waals surface area contributed by atoms with Gasteiger partial charge in [-0.25, -0.2) is 17.6 Å². The van der Waals surface area contributed by atoms with E-state index in [1.54, 1.807) is 6.92 Å². The van der Waals surface area contributed by atoms with Crippen LogP contribution in [0.25, 0.3) is 0 Å². The molecular formula is C22H21F4N3O. The molecule has 4 aliphatic rings. The maximum atomic E-state index is 14.4. The monoisotopic (exact) mass is 419 g/mol. The quantitative estimate of drug-likeness (QED) is 0.303. The minimum absolute atomic E-state index is 0.0753. The van der Waals surface area contributed by atoms with Gasteiger partial charge in [0.25, 0.3) is 5.92 Å². The number of carbonyl (C=O) groups is 1. The second-order valence-electron chi connectivity index (χ2n) is 8.56. The van der Waals surface area contributed by atoms with Gasteiger partial charge >= 0.3 is 0 Å². The molecule has 0 bridgehead atoms. The number of amides is 1. The Hall–Kier alpha value is -2.51. The van der Waals surface area contributed by atoms with Crippen LogP contribution in [0.3, 0.4) is 0 Å². The van der Waals surface area contributed by atoms with Gasteiger partial charge in [-0.1, -0.05) is 11.6 Å². The van der Waals surface area contributed by atoms with Crippen LogP contribution in [0.1, 0.15) is 38.2 Å². The molecule has 158 valence electrons. The van der Waals surface area contributed by atoms with Crippen LogP contribution in [0.5, 0.6) is 0 Å². The molecule has 1 heterocycles. The number of halogens is 4. The number of hydrogen-bond acceptors (Lipinski definition) is 3. The smallest absolute Gasteiger partial charge is 0.267 e. The van der Waals surface area contributed by atoms with Crippen LogP contribution in [0.4, 0.5) is 17.6 Å². The topological polar surface area (TPSA) is 45.0 Å². The van der Waals surface area contributed by atoms with E-state index in [0.717, 1.165) is 17.6 Å². The van der Waals surface area contributed by atoms with Crippen molar-refractivity contribution in [2.75, 3.05) is 13.1 Å². The molecule has 3 aliphatic carbocycles. The predicted molar refractivity (Wildman–Crippen MR) is 103 cm³/mol. The molecular weight excluding hydrogens is 398 g/mol. The van der Waals surface area contributed by atoms with Crippen LogP contribution in [-0.4, -0.2) is 41.7 Å². The standard InChI is InChI=1S/C22H21F4N3O/c1-2-27-28-16(17-14(23)4-3-5-15(17)24)10-13-12-6-7-22(18(12)19(13)22)20(30)29-9-8-21(25,26)11-29/h2-5,12,18H,6-11H2,1H3/b27-2-,28-16-. The van der Waals surface area contributed by atoms with E-state index in [0.29, 0.717) is 6.42 Å². The van der Waals surface area contributed by atoms with Crippen LogP contribution in [0, 0.1) is 28.9 Å². The Balaban J connectivity index is 1.44. The number of benzene rings is 1. The highest BCUT2D eigenvalue weighted by Crippen LogP contribution is 2.81. The van der Waals surface area contributed by atoms with Gasteiger partial charge in [-0.05, 0) is 43.4 Å². The highest BCUT2D eigenvalue weighted by Gasteiger charge is 2.78. The number of hydrogen-bond donors (Lipinski definition) is 0. The minimum Gasteiger partial charge on any atom is -0.336 e. The Bertz CT molecular complexity index is 1010. The Morgan fingerprint density at radius 2 is 2.00 bits per heavy atom. The number of rotatable bonds is 5. The van der Waals surface area contributed by atoms with E-state index in [1.807, 2.05) is 0 Å². The van der Waals surface area contributed by atoms with Gasteiger partial charge in [0, 0.05) is 31.5 Å². The maximum Gasteiger partial charge on any atom is 0.267 e. The van der Waals surface area contributed by atoms with Crippen LogP contribution in [0.2, 0.25) is 0 Å². The molecule has 8 heteroatoms. The third-order valence-electron chi connectivity index (χ3n) is 7.03. The normalized spacial score (nSPS) is 31.4. The van der Waals surface area contributed by atoms with E-state index >= 15 is 0 Å². The molecule has 0 radical (unpaired) electrons. The van der Waals surface area contributed by atoms with Gasteiger partial charge in [-0.2, -0.15) is 10.2 Å². The number of carbonyl (C=O) groups excluding carboxylic acids is 1. The van der Waals surface area contributed by atoms with Gasteiger partial charge in [-0.15, -0.1) is 0 Å². The lowest BCUT2D eigenvalue weighted by atomic mass is 9.78. The molecule has 1 saturated heterocycles. The number of allylic oxidation sites excluding steroid dienone is 1. The maximum absolute atomic E-state index is 14.4. The second-order valence-corrected chi connectivity index (χ2v) is 8.56. The van der Waals surface area contributed by atoms with Crippen molar-refractivity contribution >= 4 is 17.8 Å². The lowest BCUT2D eigenvalue weighted by Crippen LogP contribution is -2.37. The minimum atomic E-state index is -2.82. The lowest BCUT2D eigenvalue weighted by molar-refractivity contribution is -0.137. The van der Waals surface area contributed by atoms with Crippen molar-refractivity contribution in [1.82, 2.24) is 4.90 Å². The van der Waals surface area contributed by atoms with Crippen molar-refractivity contribution in [2.24, 2.45) is 27.5 Å². The zero-order chi connectivity index (χ0) is 21.3. The van der Waals surface area contributed by atoms with E-state index in [9.17, 15) is 22.4 Å². The van der Waals surface area contributed by atoms with E-state index in [-0.39, 0.29) is 48.4 Å². The number of alkyl halides is 2. The Morgan fingerprint density at radius 1 is 1.27 bits per heavy atom. The van der Waals surface area contributed by atoms with Gasteiger partial charge in [0.2, 0.25) is 5.91 Å². The highest BCUT2D eigenvalue weighted by atomic mass is 19.3. The van der Waals surface area contributed by atoms with Gasteiger partial charge in [0.15, 0.2) is 0 Å². The summed E-state index contributed by atoms with van der Waals surface area (Å²) in [6, 6.07) is 3.64. The molecule has 3 fully saturated rings. The molecule has 4 nitrogen and oxygen atoms in total. The first-order valence-corrected chi connectivity index (χ1v) is 10.2. The van der Waals surface area contributed by atoms with E-state index in [1.165, 1.54) is 29.3 Å². The Morgan fingerprint density at radius 3 is 2.63 bits per heavy atom. The summed E-state index contributed by atoms with van der Waals surface area (Å²) >= 11 is 0. The molecule has 1 amide bonds. The van der Waals surface area contributed by atoms with Crippen LogP contribution in [0.15, 0.2) is 39.5 Å². The summed E-state index contributed by atoms with van der Waals surface area (Å²) < 4.78 is 55.9. The molecule has 5 rings (SSSR count). The van der Waals surface area contributed by atoms with Crippen molar-refractivity contribution in [3.63, 3.8) is 0 Å². The van der Waals surface area contributed by atoms with Crippen molar-refractivity contribution < 1.29 is 22.4 Å². The fraction of sp³-hybridized carbons (Fsp3) is 0.500. The fourth-order valence-electron chi connectivity index (χ4n) is 5.78. The summed E-state index contributed by atoms with van der Waals surface area (Å²) in [4.78, 5) is 14.4. The Labute approximate surface area is 171 Å². The van der Waals surface area contributed by atoms with Crippen LogP contribution in [-0.2, 0) is 4.79 Å². The largest absolute Gasteiger partial charge is 0.336 e.